The standard InChI is InChI=1S/C18H28F2.C2H6/c1-7-17(5,8-2)13-11-14(19)16(15(20)12-13)18(6,9-3)10-4;1-2/h11-12H,7-10H2,1-6H3;1-2H3. The van der Waals surface area contributed by atoms with Gasteiger partial charge < -0.3 is 0 Å². The second-order valence-corrected chi connectivity index (χ2v) is 6.35. The molecule has 0 aliphatic rings. The third-order valence-corrected chi connectivity index (χ3v) is 5.46. The van der Waals surface area contributed by atoms with Gasteiger partial charge in [-0.2, -0.15) is 0 Å². The quantitative estimate of drug-likeness (QED) is 0.523. The highest BCUT2D eigenvalue weighted by Crippen LogP contribution is 2.38. The van der Waals surface area contributed by atoms with Crippen LogP contribution in [0.5, 0.6) is 0 Å². The van der Waals surface area contributed by atoms with Crippen molar-refractivity contribution in [3.8, 4) is 0 Å². The Kier molecular flexibility index (Phi) is 8.28. The predicted octanol–water partition coefficient (Wildman–Crippen LogP) is 7.15. The van der Waals surface area contributed by atoms with Gasteiger partial charge in [0.05, 0.1) is 0 Å². The zero-order chi connectivity index (χ0) is 17.6. The zero-order valence-electron chi connectivity index (χ0n) is 15.7. The molecular formula is C20H34F2. The van der Waals surface area contributed by atoms with Crippen LogP contribution < -0.4 is 0 Å². The lowest BCUT2D eigenvalue weighted by molar-refractivity contribution is 0.383. The lowest BCUT2D eigenvalue weighted by Crippen LogP contribution is -2.26. The molecular weight excluding hydrogens is 278 g/mol. The molecule has 0 saturated carbocycles. The van der Waals surface area contributed by atoms with E-state index >= 15 is 0 Å². The monoisotopic (exact) mass is 312 g/mol. The minimum absolute atomic E-state index is 0.158. The maximum atomic E-state index is 14.5. The van der Waals surface area contributed by atoms with Crippen molar-refractivity contribution in [2.75, 3.05) is 0 Å². The van der Waals surface area contributed by atoms with Gasteiger partial charge in [-0.15, -0.1) is 0 Å². The van der Waals surface area contributed by atoms with Gasteiger partial charge in [0, 0.05) is 5.56 Å². The Balaban J connectivity index is 0.00000211. The molecule has 0 nitrogen and oxygen atoms in total. The molecule has 1 aromatic rings. The van der Waals surface area contributed by atoms with Gasteiger partial charge in [0.2, 0.25) is 0 Å². The zero-order valence-corrected chi connectivity index (χ0v) is 15.7. The molecule has 1 rings (SSSR count). The molecule has 0 aromatic heterocycles. The fraction of sp³-hybridized carbons (Fsp3) is 0.700. The number of halogens is 2. The molecule has 1 aromatic carbocycles. The molecule has 0 unspecified atom stereocenters. The summed E-state index contributed by atoms with van der Waals surface area (Å²) in [6, 6.07) is 3.10. The van der Waals surface area contributed by atoms with Crippen molar-refractivity contribution in [1.29, 1.82) is 0 Å². The Labute approximate surface area is 136 Å². The van der Waals surface area contributed by atoms with Crippen LogP contribution in [0.15, 0.2) is 12.1 Å². The number of hydrogen-bond donors (Lipinski definition) is 0. The van der Waals surface area contributed by atoms with E-state index in [1.54, 1.807) is 12.1 Å². The molecule has 2 heteroatoms. The number of benzene rings is 1. The molecule has 0 aliphatic heterocycles. The summed E-state index contributed by atoms with van der Waals surface area (Å²) in [6.07, 6.45) is 3.21. The van der Waals surface area contributed by atoms with Crippen molar-refractivity contribution in [3.63, 3.8) is 0 Å². The molecule has 0 aliphatic carbocycles. The second kappa shape index (κ2) is 8.64. The van der Waals surface area contributed by atoms with Crippen molar-refractivity contribution in [1.82, 2.24) is 0 Å². The molecule has 0 N–H and O–H groups in total. The van der Waals surface area contributed by atoms with E-state index in [4.69, 9.17) is 0 Å². The summed E-state index contributed by atoms with van der Waals surface area (Å²) in [7, 11) is 0. The van der Waals surface area contributed by atoms with Crippen LogP contribution in [0.25, 0.3) is 0 Å². The average molecular weight is 312 g/mol. The van der Waals surface area contributed by atoms with Crippen LogP contribution in [0.3, 0.4) is 0 Å². The molecule has 0 radical (unpaired) electrons. The Morgan fingerprint density at radius 1 is 0.727 bits per heavy atom. The fourth-order valence-corrected chi connectivity index (χ4v) is 2.76. The highest BCUT2D eigenvalue weighted by Gasteiger charge is 2.32. The average Bonchev–Trinajstić information content (AvgIpc) is 2.54. The van der Waals surface area contributed by atoms with Gasteiger partial charge >= 0.3 is 0 Å². The molecule has 128 valence electrons. The Hall–Kier alpha value is -0.920. The third kappa shape index (κ3) is 4.08. The largest absolute Gasteiger partial charge is 0.207 e. The van der Waals surface area contributed by atoms with Crippen molar-refractivity contribution in [2.45, 2.75) is 91.9 Å². The first-order chi connectivity index (χ1) is 10.3. The number of hydrogen-bond acceptors (Lipinski definition) is 0. The summed E-state index contributed by atoms with van der Waals surface area (Å²) in [6.45, 7) is 16.1. The van der Waals surface area contributed by atoms with Crippen LogP contribution in [0.2, 0.25) is 0 Å². The fourth-order valence-electron chi connectivity index (χ4n) is 2.76. The van der Waals surface area contributed by atoms with Crippen LogP contribution >= 0.6 is 0 Å². The maximum absolute atomic E-state index is 14.5. The van der Waals surface area contributed by atoms with Crippen LogP contribution in [0.4, 0.5) is 8.78 Å². The molecule has 0 bridgehead atoms. The van der Waals surface area contributed by atoms with E-state index in [1.807, 2.05) is 34.6 Å². The molecule has 0 heterocycles. The molecule has 22 heavy (non-hydrogen) atoms. The lowest BCUT2D eigenvalue weighted by Gasteiger charge is -2.31. The van der Waals surface area contributed by atoms with E-state index in [9.17, 15) is 8.78 Å². The van der Waals surface area contributed by atoms with Gasteiger partial charge in [-0.1, -0.05) is 55.4 Å². The number of rotatable bonds is 6. The first-order valence-corrected chi connectivity index (χ1v) is 8.78. The summed E-state index contributed by atoms with van der Waals surface area (Å²) < 4.78 is 29.1. The summed E-state index contributed by atoms with van der Waals surface area (Å²) in [4.78, 5) is 0. The SMILES string of the molecule is CC.CCC(C)(CC)c1cc(F)c(C(C)(CC)CC)c(F)c1. The van der Waals surface area contributed by atoms with Crippen molar-refractivity contribution >= 4 is 0 Å². The Morgan fingerprint density at radius 2 is 1.05 bits per heavy atom. The van der Waals surface area contributed by atoms with Crippen LogP contribution in [-0.2, 0) is 10.8 Å². The van der Waals surface area contributed by atoms with E-state index in [2.05, 4.69) is 20.8 Å². The van der Waals surface area contributed by atoms with Crippen LogP contribution in [0.1, 0.15) is 92.2 Å². The topological polar surface area (TPSA) is 0 Å². The van der Waals surface area contributed by atoms with E-state index in [1.165, 1.54) is 0 Å². The predicted molar refractivity (Wildman–Crippen MR) is 93.6 cm³/mol. The minimum Gasteiger partial charge on any atom is -0.207 e. The summed E-state index contributed by atoms with van der Waals surface area (Å²) in [5, 5.41) is 0. The first-order valence-electron chi connectivity index (χ1n) is 8.78. The van der Waals surface area contributed by atoms with E-state index in [0.29, 0.717) is 0 Å². The van der Waals surface area contributed by atoms with E-state index in [-0.39, 0.29) is 22.6 Å². The van der Waals surface area contributed by atoms with Gasteiger partial charge in [-0.25, -0.2) is 8.78 Å². The molecule has 0 spiro atoms. The normalized spacial score (nSPS) is 11.9. The smallest absolute Gasteiger partial charge is 0.130 e. The molecule has 0 fully saturated rings. The van der Waals surface area contributed by atoms with Crippen molar-refractivity contribution in [3.05, 3.63) is 34.9 Å². The summed E-state index contributed by atoms with van der Waals surface area (Å²) >= 11 is 0. The maximum Gasteiger partial charge on any atom is 0.130 e. The van der Waals surface area contributed by atoms with Crippen molar-refractivity contribution in [2.24, 2.45) is 0 Å². The third-order valence-electron chi connectivity index (χ3n) is 5.46. The lowest BCUT2D eigenvalue weighted by atomic mass is 9.73. The second-order valence-electron chi connectivity index (χ2n) is 6.35. The highest BCUT2D eigenvalue weighted by atomic mass is 19.1. The summed E-state index contributed by atoms with van der Waals surface area (Å²) in [5.41, 5.74) is 0.438. The molecule has 0 atom stereocenters. The first kappa shape index (κ1) is 21.1. The molecule has 0 saturated heterocycles. The Bertz CT molecular complexity index is 432. The van der Waals surface area contributed by atoms with Gasteiger partial charge in [0.15, 0.2) is 0 Å². The minimum atomic E-state index is -0.429. The van der Waals surface area contributed by atoms with Gasteiger partial charge in [-0.05, 0) is 54.2 Å². The Morgan fingerprint density at radius 3 is 1.32 bits per heavy atom. The van der Waals surface area contributed by atoms with Gasteiger partial charge in [0.1, 0.15) is 11.6 Å². The highest BCUT2D eigenvalue weighted by molar-refractivity contribution is 5.35. The molecule has 0 amide bonds. The van der Waals surface area contributed by atoms with Crippen LogP contribution in [-0.4, -0.2) is 0 Å². The van der Waals surface area contributed by atoms with Gasteiger partial charge in [0.25, 0.3) is 0 Å². The summed E-state index contributed by atoms with van der Waals surface area (Å²) in [5.74, 6) is -0.779. The van der Waals surface area contributed by atoms with Crippen molar-refractivity contribution < 1.29 is 8.78 Å². The van der Waals surface area contributed by atoms with E-state index in [0.717, 1.165) is 31.2 Å². The van der Waals surface area contributed by atoms with E-state index < -0.39 is 5.41 Å². The van der Waals surface area contributed by atoms with Crippen LogP contribution in [0, 0.1) is 11.6 Å². The van der Waals surface area contributed by atoms with Gasteiger partial charge in [-0.3, -0.25) is 0 Å².